The Hall–Kier alpha value is -2.51. The van der Waals surface area contributed by atoms with E-state index in [1.54, 1.807) is 12.0 Å². The summed E-state index contributed by atoms with van der Waals surface area (Å²) in [5.74, 6) is 0.0366. The third-order valence-electron chi connectivity index (χ3n) is 4.52. The van der Waals surface area contributed by atoms with Gasteiger partial charge >= 0.3 is 5.97 Å². The number of nitrogens with one attached hydrogen (secondary N) is 1. The van der Waals surface area contributed by atoms with Crippen LogP contribution >= 0.6 is 11.8 Å². The molecule has 2 atom stereocenters. The number of ether oxygens (including phenoxy) is 2. The number of carbonyl (C=O) groups is 2. The summed E-state index contributed by atoms with van der Waals surface area (Å²) in [5, 5.41) is 2.72. The number of esters is 1. The van der Waals surface area contributed by atoms with Crippen LogP contribution in [0.15, 0.2) is 53.4 Å². The lowest BCUT2D eigenvalue weighted by Gasteiger charge is -2.27. The second-order valence-electron chi connectivity index (χ2n) is 6.40. The molecule has 0 fully saturated rings. The number of hydrogen-bond donors (Lipinski definition) is 1. The molecule has 0 aliphatic carbocycles. The molecule has 6 nitrogen and oxygen atoms in total. The minimum atomic E-state index is -0.917. The molecule has 0 radical (unpaired) electrons. The fraction of sp³-hybridized carbons (Fsp3) is 0.333. The maximum absolute atomic E-state index is 13.4. The van der Waals surface area contributed by atoms with Gasteiger partial charge in [0.2, 0.25) is 0 Å². The summed E-state index contributed by atoms with van der Waals surface area (Å²) in [6.45, 7) is 2.45. The molecule has 0 spiro atoms. The summed E-state index contributed by atoms with van der Waals surface area (Å²) in [5.41, 5.74) is 1.73. The Labute approximate surface area is 169 Å². The number of fused-ring (bicyclic) bond motifs is 1. The zero-order chi connectivity index (χ0) is 20.1. The lowest BCUT2D eigenvalue weighted by atomic mass is 10.1. The Morgan fingerprint density at radius 2 is 1.89 bits per heavy atom. The van der Waals surface area contributed by atoms with Gasteiger partial charge in [0.15, 0.2) is 6.10 Å². The summed E-state index contributed by atoms with van der Waals surface area (Å²) >= 11 is 1.53. The predicted molar refractivity (Wildman–Crippen MR) is 110 cm³/mol. The largest absolute Gasteiger partial charge is 0.497 e. The number of likely N-dealkylation sites (N-methyl/N-ethyl adjacent to an activating group) is 1. The Bertz CT molecular complexity index is 841. The SMILES string of the molecule is CNCCN1C(=O)[C@@H](OC(C)=O)[C@@H](c2ccc(OC)cc2)Sc2ccccc21. The highest BCUT2D eigenvalue weighted by molar-refractivity contribution is 7.99. The first kappa shape index (κ1) is 20.2. The number of rotatable bonds is 6. The smallest absolute Gasteiger partial charge is 0.303 e. The van der Waals surface area contributed by atoms with E-state index in [9.17, 15) is 9.59 Å². The molecule has 1 aliphatic rings. The number of thioether (sulfide) groups is 1. The first-order chi connectivity index (χ1) is 13.5. The lowest BCUT2D eigenvalue weighted by molar-refractivity contribution is -0.152. The van der Waals surface area contributed by atoms with E-state index < -0.39 is 12.1 Å². The summed E-state index contributed by atoms with van der Waals surface area (Å²) < 4.78 is 10.8. The lowest BCUT2D eigenvalue weighted by Crippen LogP contribution is -2.45. The summed E-state index contributed by atoms with van der Waals surface area (Å²) in [6.07, 6.45) is -0.917. The maximum atomic E-state index is 13.4. The number of amides is 1. The third kappa shape index (κ3) is 4.31. The highest BCUT2D eigenvalue weighted by Gasteiger charge is 2.40. The summed E-state index contributed by atoms with van der Waals surface area (Å²) in [7, 11) is 3.45. The van der Waals surface area contributed by atoms with Crippen LogP contribution in [0, 0.1) is 0 Å². The first-order valence-electron chi connectivity index (χ1n) is 9.08. The Morgan fingerprint density at radius 3 is 2.54 bits per heavy atom. The second-order valence-corrected chi connectivity index (χ2v) is 7.59. The van der Waals surface area contributed by atoms with Gasteiger partial charge in [-0.3, -0.25) is 9.59 Å². The molecule has 0 saturated carbocycles. The van der Waals surface area contributed by atoms with Crippen molar-refractivity contribution in [3.05, 3.63) is 54.1 Å². The Balaban J connectivity index is 2.07. The number of anilines is 1. The van der Waals surface area contributed by atoms with Gasteiger partial charge in [-0.25, -0.2) is 0 Å². The van der Waals surface area contributed by atoms with Crippen LogP contribution in [-0.2, 0) is 14.3 Å². The third-order valence-corrected chi connectivity index (χ3v) is 5.89. The van der Waals surface area contributed by atoms with Crippen molar-refractivity contribution in [2.45, 2.75) is 23.2 Å². The quantitative estimate of drug-likeness (QED) is 0.752. The monoisotopic (exact) mass is 400 g/mol. The molecule has 148 valence electrons. The molecule has 1 heterocycles. The van der Waals surface area contributed by atoms with Crippen LogP contribution in [0.2, 0.25) is 0 Å². The number of benzene rings is 2. The molecule has 3 rings (SSSR count). The molecular weight excluding hydrogens is 376 g/mol. The molecule has 1 amide bonds. The van der Waals surface area contributed by atoms with Crippen molar-refractivity contribution in [1.82, 2.24) is 5.32 Å². The topological polar surface area (TPSA) is 67.9 Å². The molecule has 1 aliphatic heterocycles. The second kappa shape index (κ2) is 9.12. The van der Waals surface area contributed by atoms with Crippen LogP contribution in [0.1, 0.15) is 17.7 Å². The minimum Gasteiger partial charge on any atom is -0.497 e. The molecule has 2 aromatic carbocycles. The standard InChI is InChI=1S/C21H24N2O4S/c1-14(24)27-19-20(15-8-10-16(26-3)11-9-15)28-18-7-5-4-6-17(18)23(21(19)25)13-12-22-2/h4-11,19-20,22H,12-13H2,1-3H3/t19-,20+/m0/s1. The fourth-order valence-corrected chi connectivity index (χ4v) is 4.48. The zero-order valence-electron chi connectivity index (χ0n) is 16.2. The number of carbonyl (C=O) groups excluding carboxylic acids is 2. The van der Waals surface area contributed by atoms with Crippen molar-refractivity contribution in [3.63, 3.8) is 0 Å². The molecular formula is C21H24N2O4S. The maximum Gasteiger partial charge on any atom is 0.303 e. The van der Waals surface area contributed by atoms with E-state index >= 15 is 0 Å². The van der Waals surface area contributed by atoms with E-state index in [-0.39, 0.29) is 11.2 Å². The molecule has 2 aromatic rings. The number of methoxy groups -OCH3 is 1. The van der Waals surface area contributed by atoms with Gasteiger partial charge < -0.3 is 19.7 Å². The van der Waals surface area contributed by atoms with Gasteiger partial charge in [-0.15, -0.1) is 11.8 Å². The normalized spacial score (nSPS) is 19.0. The van der Waals surface area contributed by atoms with Crippen molar-refractivity contribution < 1.29 is 19.1 Å². The molecule has 7 heteroatoms. The molecule has 0 aromatic heterocycles. The molecule has 0 bridgehead atoms. The van der Waals surface area contributed by atoms with Crippen molar-refractivity contribution in [3.8, 4) is 5.75 Å². The van der Waals surface area contributed by atoms with Crippen LogP contribution < -0.4 is 15.0 Å². The van der Waals surface area contributed by atoms with Gasteiger partial charge in [0.25, 0.3) is 5.91 Å². The molecule has 1 N–H and O–H groups in total. The van der Waals surface area contributed by atoms with E-state index in [0.29, 0.717) is 13.1 Å². The van der Waals surface area contributed by atoms with Crippen LogP contribution in [-0.4, -0.2) is 45.2 Å². The summed E-state index contributed by atoms with van der Waals surface area (Å²) in [6, 6.07) is 15.3. The van der Waals surface area contributed by atoms with Crippen molar-refractivity contribution >= 4 is 29.3 Å². The number of nitrogens with zero attached hydrogens (tertiary/aromatic N) is 1. The average Bonchev–Trinajstić information content (AvgIpc) is 2.81. The highest BCUT2D eigenvalue weighted by atomic mass is 32.2. The number of para-hydroxylation sites is 1. The van der Waals surface area contributed by atoms with Crippen LogP contribution in [0.4, 0.5) is 5.69 Å². The average molecular weight is 401 g/mol. The van der Waals surface area contributed by atoms with Gasteiger partial charge in [0.05, 0.1) is 18.0 Å². The Kier molecular flexibility index (Phi) is 6.59. The van der Waals surface area contributed by atoms with E-state index in [1.807, 2.05) is 55.6 Å². The fourth-order valence-electron chi connectivity index (χ4n) is 3.16. The van der Waals surface area contributed by atoms with Gasteiger partial charge in [-0.1, -0.05) is 24.3 Å². The van der Waals surface area contributed by atoms with Gasteiger partial charge in [-0.2, -0.15) is 0 Å². The van der Waals surface area contributed by atoms with Gasteiger partial charge in [-0.05, 0) is 36.9 Å². The molecule has 0 unspecified atom stereocenters. The predicted octanol–water partition coefficient (Wildman–Crippen LogP) is 3.03. The van der Waals surface area contributed by atoms with E-state index in [1.165, 1.54) is 18.7 Å². The van der Waals surface area contributed by atoms with Crippen LogP contribution in [0.3, 0.4) is 0 Å². The van der Waals surface area contributed by atoms with Crippen LogP contribution in [0.5, 0.6) is 5.75 Å². The first-order valence-corrected chi connectivity index (χ1v) is 9.96. The van der Waals surface area contributed by atoms with Crippen LogP contribution in [0.25, 0.3) is 0 Å². The zero-order valence-corrected chi connectivity index (χ0v) is 17.0. The van der Waals surface area contributed by atoms with Gasteiger partial charge in [0, 0.05) is 24.9 Å². The van der Waals surface area contributed by atoms with Crippen molar-refractivity contribution in [1.29, 1.82) is 0 Å². The van der Waals surface area contributed by atoms with E-state index in [0.717, 1.165) is 21.9 Å². The Morgan fingerprint density at radius 1 is 1.18 bits per heavy atom. The van der Waals surface area contributed by atoms with E-state index in [2.05, 4.69) is 5.32 Å². The van der Waals surface area contributed by atoms with Crippen molar-refractivity contribution in [2.24, 2.45) is 0 Å². The minimum absolute atomic E-state index is 0.219. The highest BCUT2D eigenvalue weighted by Crippen LogP contribution is 2.46. The summed E-state index contributed by atoms with van der Waals surface area (Å²) in [4.78, 5) is 27.9. The van der Waals surface area contributed by atoms with E-state index in [4.69, 9.17) is 9.47 Å². The van der Waals surface area contributed by atoms with Gasteiger partial charge in [0.1, 0.15) is 5.75 Å². The molecule has 28 heavy (non-hydrogen) atoms. The molecule has 0 saturated heterocycles. The number of hydrogen-bond acceptors (Lipinski definition) is 6. The van der Waals surface area contributed by atoms with Crippen molar-refractivity contribution in [2.75, 3.05) is 32.1 Å².